The number of carbonyl (C=O) groups excluding carboxylic acids is 1. The highest BCUT2D eigenvalue weighted by atomic mass is 16.5. The first-order valence-corrected chi connectivity index (χ1v) is 9.04. The van der Waals surface area contributed by atoms with Crippen molar-refractivity contribution in [1.82, 2.24) is 0 Å². The summed E-state index contributed by atoms with van der Waals surface area (Å²) in [4.78, 5) is 11.3. The van der Waals surface area contributed by atoms with Crippen molar-refractivity contribution in [2.75, 3.05) is 13.2 Å². The molecule has 0 aromatic heterocycles. The summed E-state index contributed by atoms with van der Waals surface area (Å²) >= 11 is 0. The van der Waals surface area contributed by atoms with Gasteiger partial charge in [0, 0.05) is 6.42 Å². The summed E-state index contributed by atoms with van der Waals surface area (Å²) in [5.41, 5.74) is 0. The highest BCUT2D eigenvalue weighted by molar-refractivity contribution is 5.69. The molecule has 0 aliphatic carbocycles. The highest BCUT2D eigenvalue weighted by Crippen LogP contribution is 2.15. The maximum Gasteiger partial charge on any atom is 0.305 e. The SMILES string of the molecule is CCC(C)CCCCCCCCCCC(=O)OCC(O)CO. The van der Waals surface area contributed by atoms with E-state index in [1.54, 1.807) is 0 Å². The van der Waals surface area contributed by atoms with Crippen LogP contribution in [-0.4, -0.2) is 35.5 Å². The molecule has 4 heteroatoms. The molecule has 0 bridgehead atoms. The lowest BCUT2D eigenvalue weighted by Crippen LogP contribution is -2.21. The fourth-order valence-electron chi connectivity index (χ4n) is 2.34. The second kappa shape index (κ2) is 15.3. The molecule has 22 heavy (non-hydrogen) atoms. The molecular weight excluding hydrogens is 280 g/mol. The molecule has 0 rings (SSSR count). The summed E-state index contributed by atoms with van der Waals surface area (Å²) in [7, 11) is 0. The van der Waals surface area contributed by atoms with E-state index in [1.165, 1.54) is 51.4 Å². The predicted octanol–water partition coefficient (Wildman–Crippen LogP) is 3.83. The van der Waals surface area contributed by atoms with E-state index in [0.717, 1.165) is 18.8 Å². The van der Waals surface area contributed by atoms with Gasteiger partial charge in [0.2, 0.25) is 0 Å². The molecule has 0 aliphatic heterocycles. The highest BCUT2D eigenvalue weighted by Gasteiger charge is 2.07. The van der Waals surface area contributed by atoms with Gasteiger partial charge in [0.05, 0.1) is 6.61 Å². The van der Waals surface area contributed by atoms with Crippen LogP contribution in [0, 0.1) is 5.92 Å². The van der Waals surface area contributed by atoms with Gasteiger partial charge in [0.15, 0.2) is 0 Å². The normalized spacial score (nSPS) is 13.8. The molecule has 0 spiro atoms. The zero-order valence-electron chi connectivity index (χ0n) is 14.6. The van der Waals surface area contributed by atoms with Gasteiger partial charge in [-0.15, -0.1) is 0 Å². The first-order chi connectivity index (χ1) is 10.6. The summed E-state index contributed by atoms with van der Waals surface area (Å²) in [6, 6.07) is 0. The lowest BCUT2D eigenvalue weighted by atomic mass is 9.99. The van der Waals surface area contributed by atoms with Crippen molar-refractivity contribution < 1.29 is 19.7 Å². The zero-order valence-corrected chi connectivity index (χ0v) is 14.6. The Morgan fingerprint density at radius 2 is 1.55 bits per heavy atom. The lowest BCUT2D eigenvalue weighted by Gasteiger charge is -2.08. The van der Waals surface area contributed by atoms with E-state index in [4.69, 9.17) is 14.9 Å². The average molecular weight is 316 g/mol. The van der Waals surface area contributed by atoms with Gasteiger partial charge >= 0.3 is 5.97 Å². The van der Waals surface area contributed by atoms with Crippen molar-refractivity contribution in [3.63, 3.8) is 0 Å². The summed E-state index contributed by atoms with van der Waals surface area (Å²) < 4.78 is 4.85. The van der Waals surface area contributed by atoms with E-state index in [2.05, 4.69) is 13.8 Å². The monoisotopic (exact) mass is 316 g/mol. The Hall–Kier alpha value is -0.610. The molecule has 0 aromatic rings. The molecule has 0 heterocycles. The molecule has 0 fully saturated rings. The quantitative estimate of drug-likeness (QED) is 0.356. The van der Waals surface area contributed by atoms with Crippen LogP contribution in [-0.2, 0) is 9.53 Å². The molecule has 0 radical (unpaired) electrons. The molecule has 2 N–H and O–H groups in total. The van der Waals surface area contributed by atoms with Crippen molar-refractivity contribution >= 4 is 5.97 Å². The molecule has 4 nitrogen and oxygen atoms in total. The Bertz CT molecular complexity index is 255. The largest absolute Gasteiger partial charge is 0.463 e. The maximum atomic E-state index is 11.3. The zero-order chi connectivity index (χ0) is 16.6. The number of ether oxygens (including phenoxy) is 1. The van der Waals surface area contributed by atoms with Crippen LogP contribution in [0.15, 0.2) is 0 Å². The van der Waals surface area contributed by atoms with E-state index >= 15 is 0 Å². The standard InChI is InChI=1S/C18H36O4/c1-3-16(2)12-10-8-6-4-5-7-9-11-13-18(21)22-15-17(20)14-19/h16-17,19-20H,3-15H2,1-2H3. The Balaban J connectivity index is 3.21. The van der Waals surface area contributed by atoms with Crippen molar-refractivity contribution in [2.24, 2.45) is 5.92 Å². The maximum absolute atomic E-state index is 11.3. The number of hydrogen-bond donors (Lipinski definition) is 2. The number of unbranched alkanes of at least 4 members (excludes halogenated alkanes) is 7. The molecule has 0 saturated heterocycles. The predicted molar refractivity (Wildman–Crippen MR) is 89.7 cm³/mol. The second-order valence-electron chi connectivity index (χ2n) is 6.40. The molecule has 2 unspecified atom stereocenters. The summed E-state index contributed by atoms with van der Waals surface area (Å²) in [6.07, 6.45) is 11.8. The summed E-state index contributed by atoms with van der Waals surface area (Å²) in [6.45, 7) is 4.11. The van der Waals surface area contributed by atoms with Crippen LogP contribution < -0.4 is 0 Å². The number of aliphatic hydroxyl groups is 2. The molecule has 0 aromatic carbocycles. The van der Waals surface area contributed by atoms with Crippen molar-refractivity contribution in [2.45, 2.75) is 90.6 Å². The van der Waals surface area contributed by atoms with E-state index in [1.807, 2.05) is 0 Å². The molecule has 0 saturated carbocycles. The van der Waals surface area contributed by atoms with E-state index in [-0.39, 0.29) is 19.2 Å². The van der Waals surface area contributed by atoms with Crippen molar-refractivity contribution in [3.8, 4) is 0 Å². The summed E-state index contributed by atoms with van der Waals surface area (Å²) in [5.74, 6) is 0.593. The van der Waals surface area contributed by atoms with Gasteiger partial charge in [-0.05, 0) is 12.3 Å². The van der Waals surface area contributed by atoms with Crippen LogP contribution in [0.1, 0.15) is 84.5 Å². The van der Waals surface area contributed by atoms with Crippen LogP contribution in [0.5, 0.6) is 0 Å². The van der Waals surface area contributed by atoms with E-state index in [0.29, 0.717) is 6.42 Å². The fourth-order valence-corrected chi connectivity index (χ4v) is 2.34. The molecule has 0 amide bonds. The minimum Gasteiger partial charge on any atom is -0.463 e. The van der Waals surface area contributed by atoms with Gasteiger partial charge in [0.1, 0.15) is 12.7 Å². The molecule has 132 valence electrons. The van der Waals surface area contributed by atoms with Gasteiger partial charge < -0.3 is 14.9 Å². The summed E-state index contributed by atoms with van der Waals surface area (Å²) in [5, 5.41) is 17.7. The third-order valence-corrected chi connectivity index (χ3v) is 4.17. The fraction of sp³-hybridized carbons (Fsp3) is 0.944. The Morgan fingerprint density at radius 1 is 1.00 bits per heavy atom. The third-order valence-electron chi connectivity index (χ3n) is 4.17. The number of aliphatic hydroxyl groups excluding tert-OH is 2. The van der Waals surface area contributed by atoms with Crippen LogP contribution in [0.4, 0.5) is 0 Å². The van der Waals surface area contributed by atoms with E-state index < -0.39 is 6.10 Å². The third kappa shape index (κ3) is 14.3. The minimum absolute atomic E-state index is 0.105. The first-order valence-electron chi connectivity index (χ1n) is 9.04. The van der Waals surface area contributed by atoms with Gasteiger partial charge in [0.25, 0.3) is 0 Å². The van der Waals surface area contributed by atoms with E-state index in [9.17, 15) is 4.79 Å². The van der Waals surface area contributed by atoms with Crippen molar-refractivity contribution in [1.29, 1.82) is 0 Å². The second-order valence-corrected chi connectivity index (χ2v) is 6.40. The Kier molecular flexibility index (Phi) is 14.9. The van der Waals surface area contributed by atoms with Gasteiger partial charge in [-0.3, -0.25) is 4.79 Å². The minimum atomic E-state index is -0.954. The van der Waals surface area contributed by atoms with Crippen LogP contribution in [0.3, 0.4) is 0 Å². The molecule has 0 aliphatic rings. The number of carbonyl (C=O) groups is 1. The Labute approximate surface area is 136 Å². The first kappa shape index (κ1) is 21.4. The van der Waals surface area contributed by atoms with Crippen LogP contribution in [0.2, 0.25) is 0 Å². The smallest absolute Gasteiger partial charge is 0.305 e. The number of esters is 1. The Morgan fingerprint density at radius 3 is 2.09 bits per heavy atom. The average Bonchev–Trinajstić information content (AvgIpc) is 2.53. The van der Waals surface area contributed by atoms with Gasteiger partial charge in [-0.2, -0.15) is 0 Å². The number of hydrogen-bond acceptors (Lipinski definition) is 4. The van der Waals surface area contributed by atoms with Gasteiger partial charge in [-0.25, -0.2) is 0 Å². The van der Waals surface area contributed by atoms with Crippen LogP contribution >= 0.6 is 0 Å². The molecule has 2 atom stereocenters. The van der Waals surface area contributed by atoms with Crippen molar-refractivity contribution in [3.05, 3.63) is 0 Å². The van der Waals surface area contributed by atoms with Gasteiger partial charge in [-0.1, -0.05) is 71.6 Å². The number of rotatable bonds is 15. The molecular formula is C18H36O4. The topological polar surface area (TPSA) is 66.8 Å². The van der Waals surface area contributed by atoms with Crippen LogP contribution in [0.25, 0.3) is 0 Å². The lowest BCUT2D eigenvalue weighted by molar-refractivity contribution is -0.147.